The third-order valence-electron chi connectivity index (χ3n) is 5.00. The summed E-state index contributed by atoms with van der Waals surface area (Å²) in [6, 6.07) is 8.16. The Morgan fingerprint density at radius 3 is 2.11 bits per heavy atom. The van der Waals surface area contributed by atoms with Crippen molar-refractivity contribution < 1.29 is 37.4 Å². The number of pyridine rings is 1. The number of carbonyl (C=O) groups excluding carboxylic acids is 2. The van der Waals surface area contributed by atoms with Crippen LogP contribution in [0.2, 0.25) is 10.0 Å². The summed E-state index contributed by atoms with van der Waals surface area (Å²) in [4.78, 5) is 41.8. The van der Waals surface area contributed by atoms with Gasteiger partial charge in [0.1, 0.15) is 11.4 Å². The molecule has 2 amide bonds. The minimum absolute atomic E-state index is 0.122. The van der Waals surface area contributed by atoms with E-state index in [2.05, 4.69) is 23.7 Å². The minimum Gasteiger partial charge on any atom is -0.475 e. The highest BCUT2D eigenvalue weighted by Crippen LogP contribution is 2.30. The highest BCUT2D eigenvalue weighted by Gasteiger charge is 2.38. The number of carboxylic acid groups (broad SMARTS) is 1. The molecular formula is C22H23Cl2F3N4O5. The molecule has 1 fully saturated rings. The molecule has 0 atom stereocenters. The summed E-state index contributed by atoms with van der Waals surface area (Å²) in [6.45, 7) is 7.06. The first kappa shape index (κ1) is 29.1. The standard InChI is InChI=1S/C20H22Cl2N4O3.C2HF3O2/c1-12(2)25-7-9-26(10-8-25)20(28)16-5-6-17(18(24-16)19(23)27)29-13-3-4-14(21)15(22)11-13;3-2(4,5)1(6)7/h3-6,11-12H,7-10H2,1-2H3,(H2,23,27);(H,6,7). The summed E-state index contributed by atoms with van der Waals surface area (Å²) in [7, 11) is 0. The molecule has 3 rings (SSSR count). The number of hydrogen-bond acceptors (Lipinski definition) is 6. The van der Waals surface area contributed by atoms with Crippen LogP contribution in [0.25, 0.3) is 0 Å². The highest BCUT2D eigenvalue weighted by molar-refractivity contribution is 6.42. The summed E-state index contributed by atoms with van der Waals surface area (Å²) in [5, 5.41) is 7.82. The molecule has 1 aromatic heterocycles. The summed E-state index contributed by atoms with van der Waals surface area (Å²) in [5.41, 5.74) is 5.49. The van der Waals surface area contributed by atoms with Gasteiger partial charge in [0.15, 0.2) is 11.4 Å². The van der Waals surface area contributed by atoms with Gasteiger partial charge in [-0.3, -0.25) is 14.5 Å². The molecule has 1 aliphatic rings. The predicted molar refractivity (Wildman–Crippen MR) is 126 cm³/mol. The number of amides is 2. The molecule has 1 aliphatic heterocycles. The van der Waals surface area contributed by atoms with E-state index in [0.29, 0.717) is 34.9 Å². The number of benzene rings is 1. The van der Waals surface area contributed by atoms with E-state index in [9.17, 15) is 22.8 Å². The van der Waals surface area contributed by atoms with Gasteiger partial charge in [0.2, 0.25) is 0 Å². The van der Waals surface area contributed by atoms with Gasteiger partial charge in [-0.25, -0.2) is 9.78 Å². The van der Waals surface area contributed by atoms with Crippen LogP contribution in [0.4, 0.5) is 13.2 Å². The smallest absolute Gasteiger partial charge is 0.475 e. The Balaban J connectivity index is 0.000000572. The normalized spacial score (nSPS) is 14.2. The fourth-order valence-corrected chi connectivity index (χ4v) is 3.38. The van der Waals surface area contributed by atoms with Gasteiger partial charge in [-0.05, 0) is 38.1 Å². The molecule has 0 radical (unpaired) electrons. The maximum atomic E-state index is 12.8. The Hall–Kier alpha value is -3.09. The molecule has 0 unspecified atom stereocenters. The van der Waals surface area contributed by atoms with Crippen molar-refractivity contribution in [2.75, 3.05) is 26.2 Å². The lowest BCUT2D eigenvalue weighted by atomic mass is 10.2. The van der Waals surface area contributed by atoms with E-state index < -0.39 is 18.1 Å². The molecule has 0 spiro atoms. The van der Waals surface area contributed by atoms with Crippen LogP contribution in [0.5, 0.6) is 11.5 Å². The van der Waals surface area contributed by atoms with Gasteiger partial charge in [-0.2, -0.15) is 13.2 Å². The molecule has 1 saturated heterocycles. The fraction of sp³-hybridized carbons (Fsp3) is 0.364. The average molecular weight is 551 g/mol. The van der Waals surface area contributed by atoms with Gasteiger partial charge in [-0.15, -0.1) is 0 Å². The third kappa shape index (κ3) is 7.97. The molecule has 0 saturated carbocycles. The number of rotatable bonds is 5. The topological polar surface area (TPSA) is 126 Å². The molecule has 0 aliphatic carbocycles. The summed E-state index contributed by atoms with van der Waals surface area (Å²) in [5.74, 6) is -3.28. The number of carboxylic acids is 1. The second kappa shape index (κ2) is 12.2. The van der Waals surface area contributed by atoms with E-state index in [1.807, 2.05) is 0 Å². The van der Waals surface area contributed by atoms with Crippen LogP contribution in [0.15, 0.2) is 30.3 Å². The maximum Gasteiger partial charge on any atom is 0.490 e. The Morgan fingerprint density at radius 1 is 1.06 bits per heavy atom. The second-order valence-corrected chi connectivity index (χ2v) is 8.62. The van der Waals surface area contributed by atoms with Crippen molar-refractivity contribution in [3.8, 4) is 11.5 Å². The molecule has 9 nitrogen and oxygen atoms in total. The SMILES string of the molecule is CC(C)N1CCN(C(=O)c2ccc(Oc3ccc(Cl)c(Cl)c3)c(C(N)=O)n2)CC1.O=C(O)C(F)(F)F. The summed E-state index contributed by atoms with van der Waals surface area (Å²) < 4.78 is 37.4. The number of piperazine rings is 1. The van der Waals surface area contributed by atoms with Crippen LogP contribution in [-0.2, 0) is 4.79 Å². The molecular weight excluding hydrogens is 528 g/mol. The van der Waals surface area contributed by atoms with E-state index in [0.717, 1.165) is 13.1 Å². The zero-order valence-corrected chi connectivity index (χ0v) is 20.7. The third-order valence-corrected chi connectivity index (χ3v) is 5.74. The van der Waals surface area contributed by atoms with Crippen molar-refractivity contribution in [2.24, 2.45) is 5.73 Å². The van der Waals surface area contributed by atoms with E-state index in [-0.39, 0.29) is 23.0 Å². The zero-order chi connectivity index (χ0) is 27.2. The Labute approximate surface area is 214 Å². The quantitative estimate of drug-likeness (QED) is 0.574. The predicted octanol–water partition coefficient (Wildman–Crippen LogP) is 4.08. The Kier molecular flexibility index (Phi) is 9.91. The summed E-state index contributed by atoms with van der Waals surface area (Å²) >= 11 is 11.9. The number of nitrogens with zero attached hydrogens (tertiary/aromatic N) is 3. The number of carbonyl (C=O) groups is 3. The van der Waals surface area contributed by atoms with E-state index in [1.165, 1.54) is 18.2 Å². The van der Waals surface area contributed by atoms with Crippen molar-refractivity contribution in [1.82, 2.24) is 14.8 Å². The minimum atomic E-state index is -5.08. The maximum absolute atomic E-state index is 12.8. The van der Waals surface area contributed by atoms with Gasteiger partial charge in [0.25, 0.3) is 11.8 Å². The van der Waals surface area contributed by atoms with Crippen LogP contribution in [0, 0.1) is 0 Å². The molecule has 0 bridgehead atoms. The van der Waals surface area contributed by atoms with Crippen LogP contribution in [0.3, 0.4) is 0 Å². The van der Waals surface area contributed by atoms with Crippen molar-refractivity contribution in [3.63, 3.8) is 0 Å². The lowest BCUT2D eigenvalue weighted by Crippen LogP contribution is -2.50. The fourth-order valence-electron chi connectivity index (χ4n) is 3.10. The Bertz CT molecular complexity index is 1120. The highest BCUT2D eigenvalue weighted by atomic mass is 35.5. The zero-order valence-electron chi connectivity index (χ0n) is 19.2. The number of hydrogen-bond donors (Lipinski definition) is 2. The van der Waals surface area contributed by atoms with E-state index in [4.69, 9.17) is 43.6 Å². The van der Waals surface area contributed by atoms with Gasteiger partial charge in [-0.1, -0.05) is 23.2 Å². The first-order valence-corrected chi connectivity index (χ1v) is 11.2. The van der Waals surface area contributed by atoms with Crippen molar-refractivity contribution >= 4 is 41.0 Å². The van der Waals surface area contributed by atoms with Crippen LogP contribution in [-0.4, -0.2) is 76.1 Å². The lowest BCUT2D eigenvalue weighted by Gasteiger charge is -2.36. The Morgan fingerprint density at radius 2 is 1.64 bits per heavy atom. The second-order valence-electron chi connectivity index (χ2n) is 7.81. The largest absolute Gasteiger partial charge is 0.490 e. The number of alkyl halides is 3. The van der Waals surface area contributed by atoms with Crippen LogP contribution in [0.1, 0.15) is 34.8 Å². The summed E-state index contributed by atoms with van der Waals surface area (Å²) in [6.07, 6.45) is -5.08. The van der Waals surface area contributed by atoms with Crippen molar-refractivity contribution in [1.29, 1.82) is 0 Å². The van der Waals surface area contributed by atoms with Crippen LogP contribution >= 0.6 is 23.2 Å². The van der Waals surface area contributed by atoms with Crippen LogP contribution < -0.4 is 10.5 Å². The van der Waals surface area contributed by atoms with Crippen molar-refractivity contribution in [2.45, 2.75) is 26.1 Å². The van der Waals surface area contributed by atoms with Gasteiger partial charge >= 0.3 is 12.1 Å². The number of aromatic nitrogens is 1. The number of aliphatic carboxylic acids is 1. The number of ether oxygens (including phenoxy) is 1. The lowest BCUT2D eigenvalue weighted by molar-refractivity contribution is -0.192. The average Bonchev–Trinajstić information content (AvgIpc) is 2.81. The molecule has 14 heteroatoms. The molecule has 196 valence electrons. The molecule has 36 heavy (non-hydrogen) atoms. The van der Waals surface area contributed by atoms with Crippen molar-refractivity contribution in [3.05, 3.63) is 51.8 Å². The molecule has 3 N–H and O–H groups in total. The van der Waals surface area contributed by atoms with Gasteiger partial charge < -0.3 is 20.5 Å². The first-order chi connectivity index (χ1) is 16.7. The molecule has 1 aromatic carbocycles. The molecule has 2 heterocycles. The monoisotopic (exact) mass is 550 g/mol. The number of halogens is 5. The van der Waals surface area contributed by atoms with Gasteiger partial charge in [0, 0.05) is 38.3 Å². The molecule has 2 aromatic rings. The van der Waals surface area contributed by atoms with E-state index >= 15 is 0 Å². The first-order valence-electron chi connectivity index (χ1n) is 10.5. The van der Waals surface area contributed by atoms with E-state index in [1.54, 1.807) is 17.0 Å². The number of nitrogens with two attached hydrogens (primary N) is 1. The number of primary amides is 1. The van der Waals surface area contributed by atoms with Gasteiger partial charge in [0.05, 0.1) is 10.0 Å².